The van der Waals surface area contributed by atoms with E-state index in [-0.39, 0.29) is 5.82 Å². The van der Waals surface area contributed by atoms with Gasteiger partial charge in [0.15, 0.2) is 0 Å². The Hall–Kier alpha value is -0.410. The lowest BCUT2D eigenvalue weighted by atomic mass is 10.1. The first-order valence-electron chi connectivity index (χ1n) is 5.41. The largest absolute Gasteiger partial charge is 0.367 e. The van der Waals surface area contributed by atoms with Gasteiger partial charge in [-0.3, -0.25) is 0 Å². The van der Waals surface area contributed by atoms with E-state index in [9.17, 15) is 4.39 Å². The summed E-state index contributed by atoms with van der Waals surface area (Å²) in [6, 6.07) is 5.39. The first kappa shape index (κ1) is 12.1. The van der Waals surface area contributed by atoms with E-state index < -0.39 is 0 Å². The van der Waals surface area contributed by atoms with Crippen LogP contribution in [0.5, 0.6) is 0 Å². The second-order valence-corrected chi connectivity index (χ2v) is 5.44. The summed E-state index contributed by atoms with van der Waals surface area (Å²) in [4.78, 5) is 2.33. The highest BCUT2D eigenvalue weighted by Crippen LogP contribution is 2.28. The van der Waals surface area contributed by atoms with Crippen LogP contribution < -0.4 is 4.90 Å². The summed E-state index contributed by atoms with van der Waals surface area (Å²) in [5.41, 5.74) is 1.98. The van der Waals surface area contributed by atoms with E-state index in [0.29, 0.717) is 11.9 Å². The van der Waals surface area contributed by atoms with E-state index in [1.807, 2.05) is 17.8 Å². The molecule has 4 heteroatoms. The first-order valence-corrected chi connectivity index (χ1v) is 7.10. The molecule has 0 amide bonds. The highest BCUT2D eigenvalue weighted by molar-refractivity contribution is 7.99. The molecule has 88 valence electrons. The Morgan fingerprint density at radius 3 is 3.06 bits per heavy atom. The van der Waals surface area contributed by atoms with Crippen LogP contribution in [0.2, 0.25) is 0 Å². The smallest absolute Gasteiger partial charge is 0.123 e. The Balaban J connectivity index is 2.30. The molecule has 1 atom stereocenters. The molecule has 2 rings (SSSR count). The van der Waals surface area contributed by atoms with Crippen LogP contribution in [0.4, 0.5) is 10.1 Å². The van der Waals surface area contributed by atoms with Gasteiger partial charge in [0.1, 0.15) is 5.82 Å². The summed E-state index contributed by atoms with van der Waals surface area (Å²) in [6.07, 6.45) is 0. The number of thioether (sulfide) groups is 1. The van der Waals surface area contributed by atoms with Crippen molar-refractivity contribution in [1.29, 1.82) is 0 Å². The predicted octanol–water partition coefficient (Wildman–Crippen LogP) is 3.51. The van der Waals surface area contributed by atoms with Crippen molar-refractivity contribution in [3.8, 4) is 0 Å². The van der Waals surface area contributed by atoms with Crippen molar-refractivity contribution in [2.75, 3.05) is 23.0 Å². The number of rotatable bonds is 2. The summed E-state index contributed by atoms with van der Waals surface area (Å²) in [5, 5.41) is 0. The van der Waals surface area contributed by atoms with Crippen molar-refractivity contribution in [1.82, 2.24) is 0 Å². The number of anilines is 1. The van der Waals surface area contributed by atoms with E-state index in [1.165, 1.54) is 12.1 Å². The minimum absolute atomic E-state index is 0.210. The minimum Gasteiger partial charge on any atom is -0.367 e. The normalized spacial score (nSPS) is 21.2. The van der Waals surface area contributed by atoms with Crippen molar-refractivity contribution in [2.45, 2.75) is 18.8 Å². The number of hydrogen-bond acceptors (Lipinski definition) is 2. The highest BCUT2D eigenvalue weighted by Gasteiger charge is 2.21. The molecule has 0 N–H and O–H groups in total. The van der Waals surface area contributed by atoms with Gasteiger partial charge in [0, 0.05) is 35.7 Å². The van der Waals surface area contributed by atoms with Crippen LogP contribution in [0.25, 0.3) is 0 Å². The predicted molar refractivity (Wildman–Crippen MR) is 70.1 cm³/mol. The van der Waals surface area contributed by atoms with Crippen LogP contribution >= 0.6 is 23.4 Å². The lowest BCUT2D eigenvalue weighted by molar-refractivity contribution is 0.624. The van der Waals surface area contributed by atoms with E-state index in [4.69, 9.17) is 11.6 Å². The topological polar surface area (TPSA) is 3.24 Å². The maximum absolute atomic E-state index is 13.1. The van der Waals surface area contributed by atoms with Crippen molar-refractivity contribution < 1.29 is 4.39 Å². The third-order valence-electron chi connectivity index (χ3n) is 2.86. The number of benzene rings is 1. The van der Waals surface area contributed by atoms with Crippen molar-refractivity contribution >= 4 is 29.1 Å². The Morgan fingerprint density at radius 1 is 1.56 bits per heavy atom. The van der Waals surface area contributed by atoms with Gasteiger partial charge < -0.3 is 4.90 Å². The number of hydrogen-bond donors (Lipinski definition) is 0. The Morgan fingerprint density at radius 2 is 2.38 bits per heavy atom. The van der Waals surface area contributed by atoms with E-state index >= 15 is 0 Å². The molecular weight excluding hydrogens is 245 g/mol. The Kier molecular flexibility index (Phi) is 3.98. The molecular formula is C12H15ClFNS. The molecule has 1 aliphatic rings. The summed E-state index contributed by atoms with van der Waals surface area (Å²) < 4.78 is 13.1. The van der Waals surface area contributed by atoms with Crippen molar-refractivity contribution in [2.24, 2.45) is 0 Å². The van der Waals surface area contributed by atoms with Gasteiger partial charge in [0.2, 0.25) is 0 Å². The second-order valence-electron chi connectivity index (χ2n) is 4.02. The lowest BCUT2D eigenvalue weighted by Gasteiger charge is -2.36. The fourth-order valence-corrected chi connectivity index (χ4v) is 3.25. The molecule has 16 heavy (non-hydrogen) atoms. The summed E-state index contributed by atoms with van der Waals surface area (Å²) in [7, 11) is 0. The molecule has 1 saturated heterocycles. The van der Waals surface area contributed by atoms with Gasteiger partial charge in [-0.2, -0.15) is 11.8 Å². The molecule has 1 nitrogen and oxygen atoms in total. The molecule has 0 aromatic heterocycles. The van der Waals surface area contributed by atoms with Gasteiger partial charge in [0.05, 0.1) is 0 Å². The monoisotopic (exact) mass is 259 g/mol. The molecule has 0 bridgehead atoms. The summed E-state index contributed by atoms with van der Waals surface area (Å²) in [6.45, 7) is 3.22. The Bertz CT molecular complexity index is 372. The zero-order valence-corrected chi connectivity index (χ0v) is 10.8. The quantitative estimate of drug-likeness (QED) is 0.748. The van der Waals surface area contributed by atoms with Gasteiger partial charge in [-0.15, -0.1) is 11.6 Å². The van der Waals surface area contributed by atoms with Crippen molar-refractivity contribution in [3.63, 3.8) is 0 Å². The zero-order valence-electron chi connectivity index (χ0n) is 9.25. The molecule has 1 fully saturated rings. The van der Waals surface area contributed by atoms with Crippen LogP contribution in [-0.2, 0) is 5.88 Å². The lowest BCUT2D eigenvalue weighted by Crippen LogP contribution is -2.40. The molecule has 1 unspecified atom stereocenters. The van der Waals surface area contributed by atoms with Crippen molar-refractivity contribution in [3.05, 3.63) is 29.6 Å². The van der Waals surface area contributed by atoms with Gasteiger partial charge >= 0.3 is 0 Å². The molecule has 1 aliphatic heterocycles. The molecule has 0 saturated carbocycles. The minimum atomic E-state index is -0.210. The second kappa shape index (κ2) is 5.28. The average Bonchev–Trinajstić information content (AvgIpc) is 2.30. The maximum atomic E-state index is 13.1. The number of halogens is 2. The molecule has 1 aromatic carbocycles. The van der Waals surface area contributed by atoms with Crippen LogP contribution in [-0.4, -0.2) is 24.1 Å². The molecule has 0 spiro atoms. The maximum Gasteiger partial charge on any atom is 0.123 e. The van der Waals surface area contributed by atoms with Gasteiger partial charge in [-0.25, -0.2) is 4.39 Å². The third kappa shape index (κ3) is 2.46. The molecule has 0 radical (unpaired) electrons. The number of nitrogens with zero attached hydrogens (tertiary/aromatic N) is 1. The van der Waals surface area contributed by atoms with Gasteiger partial charge in [0.25, 0.3) is 0 Å². The average molecular weight is 260 g/mol. The zero-order chi connectivity index (χ0) is 11.5. The van der Waals surface area contributed by atoms with Crippen LogP contribution in [0.1, 0.15) is 12.5 Å². The summed E-state index contributed by atoms with van der Waals surface area (Å²) in [5.74, 6) is 2.41. The molecule has 1 aromatic rings. The standard InChI is InChI=1S/C12H15ClFNS/c1-9-8-16-5-4-15(9)12-3-2-11(14)6-10(12)7-13/h2-3,6,9H,4-5,7-8H2,1H3. The van der Waals surface area contributed by atoms with E-state index in [1.54, 1.807) is 0 Å². The van der Waals surface area contributed by atoms with Crippen LogP contribution in [0, 0.1) is 5.82 Å². The van der Waals surface area contributed by atoms with E-state index in [2.05, 4.69) is 11.8 Å². The molecule has 1 heterocycles. The van der Waals surface area contributed by atoms with Gasteiger partial charge in [-0.05, 0) is 30.7 Å². The molecule has 0 aliphatic carbocycles. The third-order valence-corrected chi connectivity index (χ3v) is 4.34. The number of alkyl halides is 1. The highest BCUT2D eigenvalue weighted by atomic mass is 35.5. The fourth-order valence-electron chi connectivity index (χ4n) is 2.03. The Labute approximate surface area is 105 Å². The van der Waals surface area contributed by atoms with Crippen LogP contribution in [0.15, 0.2) is 18.2 Å². The van der Waals surface area contributed by atoms with E-state index in [0.717, 1.165) is 29.3 Å². The SMILES string of the molecule is CC1CSCCN1c1ccc(F)cc1CCl. The summed E-state index contributed by atoms with van der Waals surface area (Å²) >= 11 is 7.84. The first-order chi connectivity index (χ1) is 7.72. The van der Waals surface area contributed by atoms with Crippen LogP contribution in [0.3, 0.4) is 0 Å². The van der Waals surface area contributed by atoms with Gasteiger partial charge in [-0.1, -0.05) is 0 Å². The fraction of sp³-hybridized carbons (Fsp3) is 0.500.